The second kappa shape index (κ2) is 5.88. The van der Waals surface area contributed by atoms with Gasteiger partial charge in [-0.05, 0) is 54.4 Å². The Kier molecular flexibility index (Phi) is 3.92. The minimum Gasteiger partial charge on any atom is -0.335 e. The summed E-state index contributed by atoms with van der Waals surface area (Å²) >= 11 is 1.56. The highest BCUT2D eigenvalue weighted by Gasteiger charge is 2.69. The van der Waals surface area contributed by atoms with E-state index in [0.29, 0.717) is 17.8 Å². The fraction of sp³-hybridized carbons (Fsp3) is 0.941. The van der Waals surface area contributed by atoms with Crippen LogP contribution in [0.1, 0.15) is 46.5 Å². The molecule has 4 saturated heterocycles. The third kappa shape index (κ3) is 2.33. The highest BCUT2D eigenvalue weighted by atomic mass is 32.2. The third-order valence-electron chi connectivity index (χ3n) is 6.90. The molecule has 1 spiro atoms. The summed E-state index contributed by atoms with van der Waals surface area (Å²) in [4.78, 5) is 12.0. The fourth-order valence-electron chi connectivity index (χ4n) is 5.43. The summed E-state index contributed by atoms with van der Waals surface area (Å²) in [6.07, 6.45) is 3.76. The highest BCUT2D eigenvalue weighted by molar-refractivity contribution is 7.99. The molecule has 0 amide bonds. The first-order valence-electron chi connectivity index (χ1n) is 9.52. The van der Waals surface area contributed by atoms with Gasteiger partial charge in [-0.25, -0.2) is 14.5 Å². The number of tetrazole rings is 1. The van der Waals surface area contributed by atoms with Gasteiger partial charge < -0.3 is 9.47 Å². The number of ether oxygens (including phenoxy) is 2. The van der Waals surface area contributed by atoms with Crippen molar-refractivity contribution in [2.45, 2.75) is 74.7 Å². The van der Waals surface area contributed by atoms with Crippen LogP contribution in [0.25, 0.3) is 0 Å². The molecular weight excluding hydrogens is 356 g/mol. The molecule has 8 atom stereocenters. The van der Waals surface area contributed by atoms with E-state index in [4.69, 9.17) is 19.2 Å². The molecule has 144 valence electrons. The number of aromatic nitrogens is 4. The maximum absolute atomic E-state index is 6.51. The van der Waals surface area contributed by atoms with Crippen LogP contribution in [0.3, 0.4) is 0 Å². The highest BCUT2D eigenvalue weighted by Crippen LogP contribution is 2.61. The molecule has 4 aliphatic heterocycles. The summed E-state index contributed by atoms with van der Waals surface area (Å²) in [6.45, 7) is 6.52. The Hall–Kier alpha value is -0.740. The van der Waals surface area contributed by atoms with Gasteiger partial charge in [0.15, 0.2) is 11.9 Å². The van der Waals surface area contributed by atoms with Crippen molar-refractivity contribution in [3.63, 3.8) is 0 Å². The van der Waals surface area contributed by atoms with Crippen molar-refractivity contribution in [3.05, 3.63) is 0 Å². The van der Waals surface area contributed by atoms with Gasteiger partial charge in [-0.2, -0.15) is 0 Å². The number of rotatable bonds is 2. The van der Waals surface area contributed by atoms with Gasteiger partial charge in [0.25, 0.3) is 0 Å². The van der Waals surface area contributed by atoms with Crippen LogP contribution in [0.4, 0.5) is 0 Å². The molecule has 1 aromatic heterocycles. The summed E-state index contributed by atoms with van der Waals surface area (Å²) in [5.74, 6) is 0.825. The van der Waals surface area contributed by atoms with Crippen LogP contribution in [0, 0.1) is 23.7 Å². The van der Waals surface area contributed by atoms with E-state index in [1.165, 1.54) is 6.42 Å². The molecule has 26 heavy (non-hydrogen) atoms. The van der Waals surface area contributed by atoms with Crippen molar-refractivity contribution in [1.29, 1.82) is 0 Å². The van der Waals surface area contributed by atoms with E-state index in [1.54, 1.807) is 16.4 Å². The van der Waals surface area contributed by atoms with Gasteiger partial charge >= 0.3 is 0 Å². The van der Waals surface area contributed by atoms with E-state index >= 15 is 0 Å². The molecular formula is C17H26N4O4S. The quantitative estimate of drug-likeness (QED) is 0.722. The normalized spacial score (nSPS) is 50.3. The third-order valence-corrected chi connectivity index (χ3v) is 8.23. The van der Waals surface area contributed by atoms with Crippen LogP contribution in [0.15, 0.2) is 5.16 Å². The lowest BCUT2D eigenvalue weighted by Gasteiger charge is -2.60. The van der Waals surface area contributed by atoms with E-state index in [0.717, 1.165) is 24.4 Å². The molecule has 1 aliphatic carbocycles. The number of fused-ring (bicyclic) bond motifs is 2. The second-order valence-corrected chi connectivity index (χ2v) is 9.54. The number of aryl methyl sites for hydroxylation is 1. The van der Waals surface area contributed by atoms with E-state index in [1.807, 2.05) is 14.0 Å². The number of nitrogens with zero attached hydrogens (tertiary/aromatic N) is 4. The van der Waals surface area contributed by atoms with E-state index in [9.17, 15) is 0 Å². The maximum Gasteiger partial charge on any atom is 0.211 e. The van der Waals surface area contributed by atoms with Crippen LogP contribution >= 0.6 is 11.8 Å². The second-order valence-electron chi connectivity index (χ2n) is 8.48. The Labute approximate surface area is 157 Å². The van der Waals surface area contributed by atoms with E-state index in [-0.39, 0.29) is 11.4 Å². The molecule has 5 heterocycles. The molecule has 2 bridgehead atoms. The SMILES string of the molecule is C[C@H]1[C@@H](Sc2nnnn2C)O[C@@H]2O[C@@]3(C)CC[C@H]4[C@H](C)CC[C@@H]1[C@@]24OO3. The summed E-state index contributed by atoms with van der Waals surface area (Å²) < 4.78 is 14.6. The van der Waals surface area contributed by atoms with Crippen molar-refractivity contribution in [1.82, 2.24) is 20.2 Å². The van der Waals surface area contributed by atoms with Crippen LogP contribution in [0.5, 0.6) is 0 Å². The Morgan fingerprint density at radius 3 is 2.77 bits per heavy atom. The first-order valence-corrected chi connectivity index (χ1v) is 10.4. The molecule has 5 fully saturated rings. The minimum atomic E-state index is -0.736. The van der Waals surface area contributed by atoms with Crippen molar-refractivity contribution >= 4 is 11.8 Å². The summed E-state index contributed by atoms with van der Waals surface area (Å²) in [5, 5.41) is 12.5. The molecule has 0 aromatic carbocycles. The molecule has 1 saturated carbocycles. The lowest BCUT2D eigenvalue weighted by Crippen LogP contribution is -2.70. The van der Waals surface area contributed by atoms with Gasteiger partial charge in [-0.15, -0.1) is 5.10 Å². The molecule has 5 aliphatic rings. The predicted octanol–water partition coefficient (Wildman–Crippen LogP) is 2.51. The number of thioether (sulfide) groups is 1. The Bertz CT molecular complexity index is 704. The lowest BCUT2D eigenvalue weighted by atomic mass is 9.58. The molecule has 0 radical (unpaired) electrons. The maximum atomic E-state index is 6.51. The van der Waals surface area contributed by atoms with Crippen LogP contribution < -0.4 is 0 Å². The van der Waals surface area contributed by atoms with Crippen molar-refractivity contribution in [2.75, 3.05) is 0 Å². The van der Waals surface area contributed by atoms with Gasteiger partial charge in [-0.1, -0.05) is 25.6 Å². The van der Waals surface area contributed by atoms with Crippen LogP contribution in [0.2, 0.25) is 0 Å². The van der Waals surface area contributed by atoms with Gasteiger partial charge in [0, 0.05) is 19.4 Å². The van der Waals surface area contributed by atoms with Gasteiger partial charge in [0.1, 0.15) is 5.44 Å². The standard InChI is InChI=1S/C17H26N4O4S/c1-9-5-6-12-10(2)13(26-15-18-19-20-21(15)4)22-14-17(12)11(9)7-8-16(3,23-14)24-25-17/h9-14H,5-8H2,1-4H3/t9-,10-,11+,12+,13-,14-,16-,17-/m1/s1. The van der Waals surface area contributed by atoms with E-state index < -0.39 is 17.7 Å². The molecule has 0 unspecified atom stereocenters. The molecule has 9 heteroatoms. The molecule has 6 rings (SSSR count). The average molecular weight is 382 g/mol. The lowest BCUT2D eigenvalue weighted by molar-refractivity contribution is -0.568. The monoisotopic (exact) mass is 382 g/mol. The van der Waals surface area contributed by atoms with Crippen molar-refractivity contribution in [2.24, 2.45) is 30.7 Å². The summed E-state index contributed by atoms with van der Waals surface area (Å²) in [5.41, 5.74) is -0.594. The summed E-state index contributed by atoms with van der Waals surface area (Å²) in [6, 6.07) is 0. The van der Waals surface area contributed by atoms with Gasteiger partial charge in [0.05, 0.1) is 0 Å². The average Bonchev–Trinajstić information content (AvgIpc) is 2.87. The Balaban J connectivity index is 1.51. The number of hydrogen-bond donors (Lipinski definition) is 0. The predicted molar refractivity (Wildman–Crippen MR) is 91.5 cm³/mol. The van der Waals surface area contributed by atoms with Gasteiger partial charge in [-0.3, -0.25) is 0 Å². The molecule has 1 aromatic rings. The smallest absolute Gasteiger partial charge is 0.211 e. The topological polar surface area (TPSA) is 80.5 Å². The number of hydrogen-bond acceptors (Lipinski definition) is 8. The zero-order chi connectivity index (χ0) is 18.1. The first kappa shape index (κ1) is 17.4. The zero-order valence-corrected chi connectivity index (χ0v) is 16.4. The fourth-order valence-corrected chi connectivity index (χ4v) is 6.47. The van der Waals surface area contributed by atoms with Crippen LogP contribution in [-0.2, 0) is 26.3 Å². The molecule has 0 N–H and O–H groups in total. The van der Waals surface area contributed by atoms with Gasteiger partial charge in [0.2, 0.25) is 10.9 Å². The largest absolute Gasteiger partial charge is 0.335 e. The van der Waals surface area contributed by atoms with Crippen molar-refractivity contribution < 1.29 is 19.2 Å². The Morgan fingerprint density at radius 1 is 1.15 bits per heavy atom. The van der Waals surface area contributed by atoms with Crippen LogP contribution in [-0.4, -0.2) is 43.3 Å². The Morgan fingerprint density at radius 2 is 2.00 bits per heavy atom. The first-order chi connectivity index (χ1) is 12.4. The summed E-state index contributed by atoms with van der Waals surface area (Å²) in [7, 11) is 1.84. The van der Waals surface area contributed by atoms with E-state index in [2.05, 4.69) is 29.4 Å². The van der Waals surface area contributed by atoms with Crippen molar-refractivity contribution in [3.8, 4) is 0 Å². The molecule has 8 nitrogen and oxygen atoms in total. The minimum absolute atomic E-state index is 0.0825. The zero-order valence-electron chi connectivity index (χ0n) is 15.6.